The molecule has 0 amide bonds. The lowest BCUT2D eigenvalue weighted by molar-refractivity contribution is 0.379. The minimum Gasteiger partial charge on any atom is -0.268 e. The molecule has 3 aromatic carbocycles. The zero-order valence-electron chi connectivity index (χ0n) is 19.4. The fraction of sp³-hybridized carbons (Fsp3) is 0.231. The van der Waals surface area contributed by atoms with E-state index in [9.17, 15) is 13.2 Å². The Morgan fingerprint density at radius 2 is 1.58 bits per heavy atom. The molecule has 0 bridgehead atoms. The van der Waals surface area contributed by atoms with Crippen LogP contribution in [0.2, 0.25) is 0 Å². The van der Waals surface area contributed by atoms with E-state index >= 15 is 0 Å². The first-order valence-corrected chi connectivity index (χ1v) is 12.2. The van der Waals surface area contributed by atoms with Gasteiger partial charge in [0.15, 0.2) is 0 Å². The number of hydrogen-bond acceptors (Lipinski definition) is 4. The van der Waals surface area contributed by atoms with Gasteiger partial charge in [-0.2, -0.15) is 4.31 Å². The minimum absolute atomic E-state index is 0.226. The molecule has 0 aliphatic rings. The third-order valence-electron chi connectivity index (χ3n) is 6.06. The highest BCUT2D eigenvalue weighted by molar-refractivity contribution is 7.89. The van der Waals surface area contributed by atoms with E-state index in [0.29, 0.717) is 28.0 Å². The van der Waals surface area contributed by atoms with Crippen LogP contribution < -0.4 is 5.56 Å². The highest BCUT2D eigenvalue weighted by Gasteiger charge is 2.31. The van der Waals surface area contributed by atoms with Gasteiger partial charge in [0.05, 0.1) is 27.5 Å². The second-order valence-electron chi connectivity index (χ2n) is 8.38. The number of aromatic nitrogens is 2. The Morgan fingerprint density at radius 1 is 0.909 bits per heavy atom. The summed E-state index contributed by atoms with van der Waals surface area (Å²) in [5.74, 6) is 0.366. The molecule has 0 N–H and O–H groups in total. The highest BCUT2D eigenvalue weighted by atomic mass is 32.2. The minimum atomic E-state index is -3.82. The quantitative estimate of drug-likeness (QED) is 0.432. The molecule has 0 saturated carbocycles. The van der Waals surface area contributed by atoms with Crippen molar-refractivity contribution >= 4 is 20.9 Å². The number of aryl methyl sites for hydroxylation is 3. The Kier molecular flexibility index (Phi) is 5.95. The molecule has 0 aliphatic heterocycles. The number of para-hydroxylation sites is 1. The van der Waals surface area contributed by atoms with Crippen molar-refractivity contribution in [3.8, 4) is 5.69 Å². The molecule has 33 heavy (non-hydrogen) atoms. The lowest BCUT2D eigenvalue weighted by Crippen LogP contribution is -2.35. The second-order valence-corrected chi connectivity index (χ2v) is 10.3. The summed E-state index contributed by atoms with van der Waals surface area (Å²) < 4.78 is 29.8. The molecular weight excluding hydrogens is 434 g/mol. The summed E-state index contributed by atoms with van der Waals surface area (Å²) in [6.07, 6.45) is 0. The summed E-state index contributed by atoms with van der Waals surface area (Å²) in [4.78, 5) is 18.7. The fourth-order valence-corrected chi connectivity index (χ4v) is 5.64. The molecule has 1 heterocycles. The molecule has 7 heteroatoms. The van der Waals surface area contributed by atoms with Crippen LogP contribution in [0.1, 0.15) is 35.5 Å². The smallest absolute Gasteiger partial charge is 0.266 e. The molecule has 170 valence electrons. The number of benzene rings is 3. The van der Waals surface area contributed by atoms with Gasteiger partial charge in [-0.3, -0.25) is 9.36 Å². The van der Waals surface area contributed by atoms with Crippen LogP contribution >= 0.6 is 0 Å². The Morgan fingerprint density at radius 3 is 2.27 bits per heavy atom. The summed E-state index contributed by atoms with van der Waals surface area (Å²) in [6.45, 7) is 7.45. The third-order valence-corrected chi connectivity index (χ3v) is 8.15. The molecule has 0 spiro atoms. The van der Waals surface area contributed by atoms with Crippen molar-refractivity contribution in [2.75, 3.05) is 7.05 Å². The second kappa shape index (κ2) is 8.57. The zero-order chi connectivity index (χ0) is 23.9. The summed E-state index contributed by atoms with van der Waals surface area (Å²) in [5.41, 5.74) is 3.64. The molecule has 4 rings (SSSR count). The van der Waals surface area contributed by atoms with E-state index in [1.54, 1.807) is 60.9 Å². The summed E-state index contributed by atoms with van der Waals surface area (Å²) >= 11 is 0. The number of hydrogen-bond donors (Lipinski definition) is 0. The van der Waals surface area contributed by atoms with Crippen LogP contribution in [-0.4, -0.2) is 29.3 Å². The molecule has 0 radical (unpaired) electrons. The van der Waals surface area contributed by atoms with Gasteiger partial charge < -0.3 is 0 Å². The van der Waals surface area contributed by atoms with Crippen LogP contribution in [0.25, 0.3) is 16.6 Å². The first-order chi connectivity index (χ1) is 15.6. The van der Waals surface area contributed by atoms with Crippen LogP contribution in [0.5, 0.6) is 0 Å². The van der Waals surface area contributed by atoms with Gasteiger partial charge in [-0.05, 0) is 63.1 Å². The van der Waals surface area contributed by atoms with Gasteiger partial charge in [-0.15, -0.1) is 0 Å². The van der Waals surface area contributed by atoms with E-state index < -0.39 is 16.1 Å². The Labute approximate surface area is 194 Å². The molecule has 0 saturated heterocycles. The van der Waals surface area contributed by atoms with E-state index in [4.69, 9.17) is 4.98 Å². The van der Waals surface area contributed by atoms with Crippen molar-refractivity contribution in [2.24, 2.45) is 0 Å². The van der Waals surface area contributed by atoms with Crippen molar-refractivity contribution in [1.82, 2.24) is 13.9 Å². The Balaban J connectivity index is 1.96. The van der Waals surface area contributed by atoms with Crippen molar-refractivity contribution < 1.29 is 8.42 Å². The normalized spacial score (nSPS) is 12.9. The van der Waals surface area contributed by atoms with Crippen molar-refractivity contribution in [2.45, 2.75) is 38.6 Å². The third kappa shape index (κ3) is 3.98. The van der Waals surface area contributed by atoms with Crippen LogP contribution in [0.4, 0.5) is 0 Å². The summed E-state index contributed by atoms with van der Waals surface area (Å²) in [7, 11) is -2.29. The van der Waals surface area contributed by atoms with Crippen LogP contribution in [0, 0.1) is 20.8 Å². The van der Waals surface area contributed by atoms with Crippen molar-refractivity contribution in [1.29, 1.82) is 0 Å². The average molecular weight is 462 g/mol. The Bertz CT molecular complexity index is 1520. The fourth-order valence-electron chi connectivity index (χ4n) is 4.09. The van der Waals surface area contributed by atoms with E-state index in [1.807, 2.05) is 38.1 Å². The predicted octanol–water partition coefficient (Wildman–Crippen LogP) is 4.69. The van der Waals surface area contributed by atoms with Gasteiger partial charge >= 0.3 is 0 Å². The maximum absolute atomic E-state index is 13.6. The first kappa shape index (κ1) is 22.9. The van der Waals surface area contributed by atoms with Crippen LogP contribution in [0.3, 0.4) is 0 Å². The Hall–Kier alpha value is -3.29. The number of rotatable bonds is 5. The standard InChI is InChI=1S/C26H27N3O3S/c1-17-14-15-23(19(3)16-17)29-25(27-22-12-8-7-11-21(22)26(29)30)20(4)28(5)33(31,32)24-13-9-6-10-18(24)2/h6-16,20H,1-5H3. The molecule has 4 aromatic rings. The lowest BCUT2D eigenvalue weighted by atomic mass is 10.1. The van der Waals surface area contributed by atoms with E-state index in [-0.39, 0.29) is 10.5 Å². The van der Waals surface area contributed by atoms with Crippen LogP contribution in [-0.2, 0) is 10.0 Å². The molecular formula is C26H27N3O3S. The molecule has 6 nitrogen and oxygen atoms in total. The lowest BCUT2D eigenvalue weighted by Gasteiger charge is -2.27. The monoisotopic (exact) mass is 461 g/mol. The van der Waals surface area contributed by atoms with Gasteiger partial charge in [0.1, 0.15) is 5.82 Å². The predicted molar refractivity (Wildman–Crippen MR) is 131 cm³/mol. The topological polar surface area (TPSA) is 72.3 Å². The molecule has 0 fully saturated rings. The molecule has 1 aromatic heterocycles. The maximum Gasteiger partial charge on any atom is 0.266 e. The van der Waals surface area contributed by atoms with Crippen molar-refractivity contribution in [3.05, 3.63) is 99.6 Å². The highest BCUT2D eigenvalue weighted by Crippen LogP contribution is 2.29. The first-order valence-electron chi connectivity index (χ1n) is 10.8. The van der Waals surface area contributed by atoms with E-state index in [2.05, 4.69) is 0 Å². The molecule has 1 atom stereocenters. The zero-order valence-corrected chi connectivity index (χ0v) is 20.2. The van der Waals surface area contributed by atoms with E-state index in [1.165, 1.54) is 11.4 Å². The van der Waals surface area contributed by atoms with Crippen LogP contribution in [0.15, 0.2) is 76.4 Å². The summed E-state index contributed by atoms with van der Waals surface area (Å²) in [6, 6.07) is 19.1. The van der Waals surface area contributed by atoms with Gasteiger partial charge in [-0.25, -0.2) is 13.4 Å². The number of sulfonamides is 1. The number of fused-ring (bicyclic) bond motifs is 1. The maximum atomic E-state index is 13.6. The van der Waals surface area contributed by atoms with Gasteiger partial charge in [-0.1, -0.05) is 48.0 Å². The van der Waals surface area contributed by atoms with Gasteiger partial charge in [0.25, 0.3) is 5.56 Å². The number of nitrogens with zero attached hydrogens (tertiary/aromatic N) is 3. The largest absolute Gasteiger partial charge is 0.268 e. The van der Waals surface area contributed by atoms with Crippen molar-refractivity contribution in [3.63, 3.8) is 0 Å². The van der Waals surface area contributed by atoms with Gasteiger partial charge in [0, 0.05) is 7.05 Å². The summed E-state index contributed by atoms with van der Waals surface area (Å²) in [5, 5.41) is 0.484. The average Bonchev–Trinajstić information content (AvgIpc) is 2.79. The molecule has 0 aliphatic carbocycles. The SMILES string of the molecule is Cc1ccc(-n2c(C(C)N(C)S(=O)(=O)c3ccccc3C)nc3ccccc3c2=O)c(C)c1. The van der Waals surface area contributed by atoms with Gasteiger partial charge in [0.2, 0.25) is 10.0 Å². The molecule has 1 unspecified atom stereocenters. The van der Waals surface area contributed by atoms with E-state index in [0.717, 1.165) is 11.1 Å².